The number of carbonyl (C=O) groups excluding carboxylic acids is 1. The van der Waals surface area contributed by atoms with Crippen molar-refractivity contribution in [1.82, 2.24) is 4.90 Å². The molecule has 0 radical (unpaired) electrons. The summed E-state index contributed by atoms with van der Waals surface area (Å²) in [6.45, 7) is 6.29. The lowest BCUT2D eigenvalue weighted by Gasteiger charge is -2.34. The van der Waals surface area contributed by atoms with Crippen LogP contribution in [0.25, 0.3) is 0 Å². The van der Waals surface area contributed by atoms with E-state index in [1.165, 1.54) is 0 Å². The Bertz CT molecular complexity index is 215. The van der Waals surface area contributed by atoms with E-state index in [9.17, 15) is 4.79 Å². The van der Waals surface area contributed by atoms with Gasteiger partial charge in [0.25, 0.3) is 0 Å². The molecule has 2 atom stereocenters. The Kier molecular flexibility index (Phi) is 3.05. The smallest absolute Gasteiger partial charge is 0.226 e. The molecule has 0 aromatic carbocycles. The molecule has 2 unspecified atom stereocenters. The number of alkyl halides is 1. The lowest BCUT2D eigenvalue weighted by Crippen LogP contribution is -2.47. The van der Waals surface area contributed by atoms with E-state index in [-0.39, 0.29) is 5.54 Å². The third kappa shape index (κ3) is 2.25. The Hall–Kier alpha value is -0.0500. The molecule has 1 amide bonds. The Labute approximate surface area is 88.8 Å². The molecule has 1 rings (SSSR count). The van der Waals surface area contributed by atoms with Crippen LogP contribution in [0.3, 0.4) is 0 Å². The standard InChI is InChI=1S/C10H18BrNO/c1-7-5-8(7)9(13)12(4)10(2,3)6-11/h7-8H,5-6H2,1-4H3. The number of amides is 1. The van der Waals surface area contributed by atoms with E-state index >= 15 is 0 Å². The zero-order valence-corrected chi connectivity index (χ0v) is 10.4. The first-order valence-corrected chi connectivity index (χ1v) is 5.86. The first-order valence-electron chi connectivity index (χ1n) is 4.74. The molecule has 76 valence electrons. The fourth-order valence-electron chi connectivity index (χ4n) is 1.30. The maximum absolute atomic E-state index is 11.8. The van der Waals surface area contributed by atoms with E-state index in [0.717, 1.165) is 11.8 Å². The second kappa shape index (κ2) is 3.60. The van der Waals surface area contributed by atoms with E-state index in [4.69, 9.17) is 0 Å². The van der Waals surface area contributed by atoms with Crippen LogP contribution in [0.2, 0.25) is 0 Å². The minimum atomic E-state index is -0.0700. The highest BCUT2D eigenvalue weighted by Crippen LogP contribution is 2.40. The van der Waals surface area contributed by atoms with Crippen molar-refractivity contribution in [2.24, 2.45) is 11.8 Å². The fourth-order valence-corrected chi connectivity index (χ4v) is 1.68. The molecule has 1 saturated carbocycles. The Morgan fingerprint density at radius 1 is 1.62 bits per heavy atom. The molecule has 0 bridgehead atoms. The first kappa shape index (κ1) is 11.0. The average molecular weight is 248 g/mol. The summed E-state index contributed by atoms with van der Waals surface area (Å²) < 4.78 is 0. The van der Waals surface area contributed by atoms with Crippen molar-refractivity contribution in [2.45, 2.75) is 32.7 Å². The van der Waals surface area contributed by atoms with Gasteiger partial charge in [-0.2, -0.15) is 0 Å². The van der Waals surface area contributed by atoms with Gasteiger partial charge in [-0.3, -0.25) is 4.79 Å². The van der Waals surface area contributed by atoms with Crippen LogP contribution in [0.1, 0.15) is 27.2 Å². The molecular formula is C10H18BrNO. The van der Waals surface area contributed by atoms with E-state index in [1.807, 2.05) is 11.9 Å². The molecule has 0 aliphatic heterocycles. The summed E-state index contributed by atoms with van der Waals surface area (Å²) in [6.07, 6.45) is 1.07. The summed E-state index contributed by atoms with van der Waals surface area (Å²) in [5, 5.41) is 0.823. The van der Waals surface area contributed by atoms with Crippen LogP contribution in [0.4, 0.5) is 0 Å². The summed E-state index contributed by atoms with van der Waals surface area (Å²) in [5.41, 5.74) is -0.0700. The molecule has 0 aromatic rings. The van der Waals surface area contributed by atoms with Gasteiger partial charge < -0.3 is 4.90 Å². The SMILES string of the molecule is CC1CC1C(=O)N(C)C(C)(C)CBr. The normalized spacial score (nSPS) is 27.2. The van der Waals surface area contributed by atoms with Gasteiger partial charge in [0.05, 0.1) is 0 Å². The van der Waals surface area contributed by atoms with Gasteiger partial charge in [-0.25, -0.2) is 0 Å². The van der Waals surface area contributed by atoms with Gasteiger partial charge in [-0.1, -0.05) is 22.9 Å². The van der Waals surface area contributed by atoms with Gasteiger partial charge in [0.1, 0.15) is 0 Å². The number of halogens is 1. The quantitative estimate of drug-likeness (QED) is 0.701. The topological polar surface area (TPSA) is 20.3 Å². The van der Waals surface area contributed by atoms with Crippen LogP contribution in [-0.2, 0) is 4.79 Å². The van der Waals surface area contributed by atoms with Crippen molar-refractivity contribution < 1.29 is 4.79 Å². The lowest BCUT2D eigenvalue weighted by molar-refractivity contribution is -0.135. The summed E-state index contributed by atoms with van der Waals surface area (Å²) in [5.74, 6) is 1.20. The van der Waals surface area contributed by atoms with Crippen LogP contribution in [0.5, 0.6) is 0 Å². The van der Waals surface area contributed by atoms with Gasteiger partial charge in [-0.05, 0) is 26.2 Å². The minimum absolute atomic E-state index is 0.0700. The zero-order valence-electron chi connectivity index (χ0n) is 8.80. The maximum atomic E-state index is 11.8. The number of carbonyl (C=O) groups is 1. The third-order valence-corrected chi connectivity index (χ3v) is 4.36. The van der Waals surface area contributed by atoms with E-state index in [2.05, 4.69) is 36.7 Å². The highest BCUT2D eigenvalue weighted by molar-refractivity contribution is 9.09. The molecule has 0 saturated heterocycles. The Morgan fingerprint density at radius 3 is 2.38 bits per heavy atom. The number of nitrogens with zero attached hydrogens (tertiary/aromatic N) is 1. The molecule has 2 nitrogen and oxygen atoms in total. The third-order valence-electron chi connectivity index (χ3n) is 2.99. The van der Waals surface area contributed by atoms with Crippen LogP contribution < -0.4 is 0 Å². The van der Waals surface area contributed by atoms with Crippen molar-refractivity contribution in [3.8, 4) is 0 Å². The lowest BCUT2D eigenvalue weighted by atomic mass is 10.1. The summed E-state index contributed by atoms with van der Waals surface area (Å²) in [7, 11) is 1.90. The zero-order chi connectivity index (χ0) is 10.2. The molecule has 1 aliphatic rings. The Morgan fingerprint density at radius 2 is 2.08 bits per heavy atom. The molecule has 1 fully saturated rings. The molecule has 13 heavy (non-hydrogen) atoms. The minimum Gasteiger partial charge on any atom is -0.340 e. The number of hydrogen-bond acceptors (Lipinski definition) is 1. The van der Waals surface area contributed by atoms with Crippen molar-refractivity contribution in [1.29, 1.82) is 0 Å². The molecule has 3 heteroatoms. The van der Waals surface area contributed by atoms with Crippen molar-refractivity contribution in [3.63, 3.8) is 0 Å². The van der Waals surface area contributed by atoms with Crippen molar-refractivity contribution in [2.75, 3.05) is 12.4 Å². The van der Waals surface area contributed by atoms with E-state index in [1.54, 1.807) is 0 Å². The van der Waals surface area contributed by atoms with Gasteiger partial charge in [-0.15, -0.1) is 0 Å². The second-order valence-corrected chi connectivity index (χ2v) is 5.22. The molecule has 0 aromatic heterocycles. The summed E-state index contributed by atoms with van der Waals surface area (Å²) >= 11 is 3.43. The molecule has 0 spiro atoms. The highest BCUT2D eigenvalue weighted by atomic mass is 79.9. The average Bonchev–Trinajstić information content (AvgIpc) is 2.80. The molecule has 1 aliphatic carbocycles. The summed E-state index contributed by atoms with van der Waals surface area (Å²) in [4.78, 5) is 13.7. The van der Waals surface area contributed by atoms with Gasteiger partial charge >= 0.3 is 0 Å². The Balaban J connectivity index is 2.57. The molecule has 0 heterocycles. The fraction of sp³-hybridized carbons (Fsp3) is 0.900. The maximum Gasteiger partial charge on any atom is 0.226 e. The van der Waals surface area contributed by atoms with Crippen molar-refractivity contribution >= 4 is 21.8 Å². The summed E-state index contributed by atoms with van der Waals surface area (Å²) in [6, 6.07) is 0. The van der Waals surface area contributed by atoms with Crippen LogP contribution >= 0.6 is 15.9 Å². The highest BCUT2D eigenvalue weighted by Gasteiger charge is 2.43. The second-order valence-electron chi connectivity index (χ2n) is 4.66. The monoisotopic (exact) mass is 247 g/mol. The van der Waals surface area contributed by atoms with Crippen LogP contribution in [-0.4, -0.2) is 28.7 Å². The predicted octanol–water partition coefficient (Wildman–Crippen LogP) is 2.27. The number of rotatable bonds is 3. The van der Waals surface area contributed by atoms with Gasteiger partial charge in [0.2, 0.25) is 5.91 Å². The van der Waals surface area contributed by atoms with Crippen LogP contribution in [0.15, 0.2) is 0 Å². The number of hydrogen-bond donors (Lipinski definition) is 0. The van der Waals surface area contributed by atoms with Crippen LogP contribution in [0, 0.1) is 11.8 Å². The molecular weight excluding hydrogens is 230 g/mol. The van der Waals surface area contributed by atoms with E-state index in [0.29, 0.717) is 17.7 Å². The first-order chi connectivity index (χ1) is 5.90. The van der Waals surface area contributed by atoms with E-state index < -0.39 is 0 Å². The largest absolute Gasteiger partial charge is 0.340 e. The predicted molar refractivity (Wildman–Crippen MR) is 57.9 cm³/mol. The molecule has 0 N–H and O–H groups in total. The van der Waals surface area contributed by atoms with Crippen molar-refractivity contribution in [3.05, 3.63) is 0 Å². The van der Waals surface area contributed by atoms with Gasteiger partial charge in [0, 0.05) is 23.8 Å². The van der Waals surface area contributed by atoms with Gasteiger partial charge in [0.15, 0.2) is 0 Å².